The van der Waals surface area contributed by atoms with Gasteiger partial charge < -0.3 is 10.0 Å². The van der Waals surface area contributed by atoms with E-state index >= 15 is 0 Å². The van der Waals surface area contributed by atoms with Crippen LogP contribution in [-0.2, 0) is 0 Å². The van der Waals surface area contributed by atoms with E-state index in [9.17, 15) is 5.11 Å². The number of hydrogen-bond acceptors (Lipinski definition) is 3. The lowest BCUT2D eigenvalue weighted by Crippen LogP contribution is -2.31. The van der Waals surface area contributed by atoms with Crippen molar-refractivity contribution >= 4 is 23.0 Å². The van der Waals surface area contributed by atoms with Crippen molar-refractivity contribution in [3.8, 4) is 5.75 Å². The van der Waals surface area contributed by atoms with Gasteiger partial charge in [-0.3, -0.25) is 5.43 Å². The lowest BCUT2D eigenvalue weighted by molar-refractivity contribution is 0.474. The van der Waals surface area contributed by atoms with Crippen LogP contribution in [-0.4, -0.2) is 34.9 Å². The van der Waals surface area contributed by atoms with Crippen LogP contribution in [0, 0.1) is 0 Å². The maximum Gasteiger partial charge on any atom is 0.189 e. The molecule has 16 heavy (non-hydrogen) atoms. The Morgan fingerprint density at radius 1 is 1.38 bits per heavy atom. The summed E-state index contributed by atoms with van der Waals surface area (Å²) in [6, 6.07) is 7.04. The molecule has 0 aliphatic carbocycles. The van der Waals surface area contributed by atoms with Gasteiger partial charge in [0.05, 0.1) is 5.71 Å². The third-order valence-corrected chi connectivity index (χ3v) is 2.48. The third kappa shape index (κ3) is 3.20. The summed E-state index contributed by atoms with van der Waals surface area (Å²) in [6.07, 6.45) is 0. The van der Waals surface area contributed by atoms with Crippen molar-refractivity contribution in [2.24, 2.45) is 5.10 Å². The molecular weight excluding hydrogens is 222 g/mol. The molecule has 0 saturated heterocycles. The number of hydrazone groups is 1. The fourth-order valence-corrected chi connectivity index (χ4v) is 1.12. The highest BCUT2D eigenvalue weighted by Crippen LogP contribution is 2.15. The first kappa shape index (κ1) is 12.4. The highest BCUT2D eigenvalue weighted by atomic mass is 32.1. The van der Waals surface area contributed by atoms with E-state index in [1.54, 1.807) is 30.0 Å². The van der Waals surface area contributed by atoms with Crippen LogP contribution in [0.4, 0.5) is 0 Å². The normalized spacial score (nSPS) is 11.1. The summed E-state index contributed by atoms with van der Waals surface area (Å²) in [5.41, 5.74) is 4.12. The lowest BCUT2D eigenvalue weighted by Gasteiger charge is -2.12. The largest absolute Gasteiger partial charge is 0.507 e. The summed E-state index contributed by atoms with van der Waals surface area (Å²) in [6.45, 7) is 1.81. The van der Waals surface area contributed by atoms with Gasteiger partial charge in [0.2, 0.25) is 0 Å². The summed E-state index contributed by atoms with van der Waals surface area (Å²) in [7, 11) is 3.67. The Kier molecular flexibility index (Phi) is 4.25. The van der Waals surface area contributed by atoms with E-state index in [0.29, 0.717) is 16.4 Å². The Morgan fingerprint density at radius 3 is 2.56 bits per heavy atom. The average molecular weight is 237 g/mol. The van der Waals surface area contributed by atoms with E-state index in [2.05, 4.69) is 10.5 Å². The van der Waals surface area contributed by atoms with Crippen molar-refractivity contribution in [2.45, 2.75) is 6.92 Å². The minimum atomic E-state index is 0.210. The Hall–Kier alpha value is -1.62. The number of para-hydroxylation sites is 1. The minimum Gasteiger partial charge on any atom is -0.507 e. The molecule has 5 heteroatoms. The number of aromatic hydroxyl groups is 1. The number of hydrogen-bond donors (Lipinski definition) is 2. The van der Waals surface area contributed by atoms with Crippen LogP contribution >= 0.6 is 12.2 Å². The second-order valence-corrected chi connectivity index (χ2v) is 3.91. The molecule has 0 aromatic heterocycles. The highest BCUT2D eigenvalue weighted by Gasteiger charge is 2.03. The van der Waals surface area contributed by atoms with Crippen LogP contribution in [0.2, 0.25) is 0 Å². The molecule has 0 aliphatic rings. The molecule has 1 aromatic carbocycles. The van der Waals surface area contributed by atoms with Crippen molar-refractivity contribution in [3.63, 3.8) is 0 Å². The smallest absolute Gasteiger partial charge is 0.189 e. The van der Waals surface area contributed by atoms with Gasteiger partial charge in [-0.2, -0.15) is 5.10 Å². The fraction of sp³-hybridized carbons (Fsp3) is 0.273. The molecule has 1 aromatic rings. The first-order valence-corrected chi connectivity index (χ1v) is 5.23. The summed E-state index contributed by atoms with van der Waals surface area (Å²) in [5.74, 6) is 0.210. The number of phenols is 1. The van der Waals surface area contributed by atoms with Gasteiger partial charge in [0, 0.05) is 19.7 Å². The molecule has 0 heterocycles. The van der Waals surface area contributed by atoms with Crippen LogP contribution in [0.5, 0.6) is 5.75 Å². The quantitative estimate of drug-likeness (QED) is 0.465. The van der Waals surface area contributed by atoms with Crippen LogP contribution in [0.3, 0.4) is 0 Å². The summed E-state index contributed by atoms with van der Waals surface area (Å²) in [4.78, 5) is 1.75. The van der Waals surface area contributed by atoms with Gasteiger partial charge in [0.15, 0.2) is 5.11 Å². The zero-order valence-corrected chi connectivity index (χ0v) is 10.4. The second-order valence-electron chi connectivity index (χ2n) is 3.53. The number of phenolic OH excluding ortho intramolecular Hbond substituents is 1. The number of nitrogens with one attached hydrogen (secondary N) is 1. The van der Waals surface area contributed by atoms with Crippen molar-refractivity contribution < 1.29 is 5.11 Å². The number of rotatable bonds is 2. The van der Waals surface area contributed by atoms with Crippen LogP contribution < -0.4 is 5.43 Å². The third-order valence-electron chi connectivity index (χ3n) is 2.02. The standard InChI is InChI=1S/C11H15N3OS/c1-8(12-13-11(16)14(2)3)9-6-4-5-7-10(9)15/h4-7,15H,1-3H3,(H,13,16)/b12-8-. The Bertz CT molecular complexity index is 415. The first-order valence-electron chi connectivity index (χ1n) is 4.82. The Labute approximate surface area is 101 Å². The molecule has 1 rings (SSSR count). The van der Waals surface area contributed by atoms with E-state index in [1.807, 2.05) is 20.2 Å². The lowest BCUT2D eigenvalue weighted by atomic mass is 10.1. The maximum atomic E-state index is 9.60. The van der Waals surface area contributed by atoms with E-state index in [4.69, 9.17) is 12.2 Å². The molecule has 0 radical (unpaired) electrons. The van der Waals surface area contributed by atoms with Gasteiger partial charge in [0.25, 0.3) is 0 Å². The molecule has 0 atom stereocenters. The molecular formula is C11H15N3OS. The molecule has 86 valence electrons. The fourth-order valence-electron chi connectivity index (χ4n) is 1.07. The molecule has 0 unspecified atom stereocenters. The second kappa shape index (κ2) is 5.46. The van der Waals surface area contributed by atoms with Crippen LogP contribution in [0.25, 0.3) is 0 Å². The number of benzene rings is 1. The van der Waals surface area contributed by atoms with Crippen molar-refractivity contribution in [3.05, 3.63) is 29.8 Å². The maximum absolute atomic E-state index is 9.60. The van der Waals surface area contributed by atoms with E-state index in [-0.39, 0.29) is 5.75 Å². The predicted octanol–water partition coefficient (Wildman–Crippen LogP) is 1.55. The first-order chi connectivity index (χ1) is 7.52. The Balaban J connectivity index is 2.79. The summed E-state index contributed by atoms with van der Waals surface area (Å²) in [5, 5.41) is 14.2. The average Bonchev–Trinajstić information content (AvgIpc) is 2.25. The van der Waals surface area contributed by atoms with Gasteiger partial charge in [-0.05, 0) is 31.3 Å². The topological polar surface area (TPSA) is 47.9 Å². The van der Waals surface area contributed by atoms with E-state index < -0.39 is 0 Å². The van der Waals surface area contributed by atoms with Gasteiger partial charge >= 0.3 is 0 Å². The molecule has 4 nitrogen and oxygen atoms in total. The van der Waals surface area contributed by atoms with Gasteiger partial charge in [-0.1, -0.05) is 12.1 Å². The van der Waals surface area contributed by atoms with E-state index in [1.165, 1.54) is 0 Å². The van der Waals surface area contributed by atoms with E-state index in [0.717, 1.165) is 0 Å². The van der Waals surface area contributed by atoms with Crippen molar-refractivity contribution in [2.75, 3.05) is 14.1 Å². The molecule has 0 bridgehead atoms. The molecule has 0 amide bonds. The molecule has 2 N–H and O–H groups in total. The predicted molar refractivity (Wildman–Crippen MR) is 69.7 cm³/mol. The zero-order chi connectivity index (χ0) is 12.1. The van der Waals surface area contributed by atoms with Crippen LogP contribution in [0.15, 0.2) is 29.4 Å². The SMILES string of the molecule is C/C(=N/NC(=S)N(C)C)c1ccccc1O. The number of thiocarbonyl (C=S) groups is 1. The molecule has 0 fully saturated rings. The van der Waals surface area contributed by atoms with Gasteiger partial charge in [-0.25, -0.2) is 0 Å². The summed E-state index contributed by atoms with van der Waals surface area (Å²) >= 11 is 5.02. The highest BCUT2D eigenvalue weighted by molar-refractivity contribution is 7.80. The van der Waals surface area contributed by atoms with Gasteiger partial charge in [0.1, 0.15) is 5.75 Å². The Morgan fingerprint density at radius 2 is 2.00 bits per heavy atom. The molecule has 0 spiro atoms. The minimum absolute atomic E-state index is 0.210. The number of nitrogens with zero attached hydrogens (tertiary/aromatic N) is 2. The summed E-state index contributed by atoms with van der Waals surface area (Å²) < 4.78 is 0. The van der Waals surface area contributed by atoms with Crippen molar-refractivity contribution in [1.29, 1.82) is 0 Å². The van der Waals surface area contributed by atoms with Gasteiger partial charge in [-0.15, -0.1) is 0 Å². The molecule has 0 saturated carbocycles. The monoisotopic (exact) mass is 237 g/mol. The molecule has 0 aliphatic heterocycles. The van der Waals surface area contributed by atoms with Crippen LogP contribution in [0.1, 0.15) is 12.5 Å². The van der Waals surface area contributed by atoms with Crippen molar-refractivity contribution in [1.82, 2.24) is 10.3 Å². The zero-order valence-electron chi connectivity index (χ0n) is 9.56.